The van der Waals surface area contributed by atoms with Crippen LogP contribution in [0.1, 0.15) is 53.4 Å². The Morgan fingerprint density at radius 1 is 1.28 bits per heavy atom. The van der Waals surface area contributed by atoms with E-state index in [1.807, 2.05) is 13.8 Å². The molecule has 18 heavy (non-hydrogen) atoms. The molecule has 0 aromatic rings. The molecule has 0 spiro atoms. The topological polar surface area (TPSA) is 66.4 Å². The van der Waals surface area contributed by atoms with Gasteiger partial charge in [0, 0.05) is 5.92 Å². The molecule has 0 bridgehead atoms. The second-order valence-corrected chi connectivity index (χ2v) is 6.36. The second kappa shape index (κ2) is 5.72. The quantitative estimate of drug-likeness (QED) is 0.810. The highest BCUT2D eigenvalue weighted by Gasteiger charge is 2.38. The fourth-order valence-corrected chi connectivity index (χ4v) is 2.75. The summed E-state index contributed by atoms with van der Waals surface area (Å²) >= 11 is 0. The van der Waals surface area contributed by atoms with E-state index in [1.165, 1.54) is 0 Å². The van der Waals surface area contributed by atoms with Crippen molar-refractivity contribution in [2.24, 2.45) is 17.3 Å². The molecule has 1 unspecified atom stereocenters. The Hall–Kier alpha value is -1.06. The highest BCUT2D eigenvalue weighted by Crippen LogP contribution is 2.40. The normalized spacial score (nSPS) is 24.6. The van der Waals surface area contributed by atoms with Crippen molar-refractivity contribution in [2.75, 3.05) is 0 Å². The zero-order chi connectivity index (χ0) is 13.9. The first-order valence-electron chi connectivity index (χ1n) is 6.79. The summed E-state index contributed by atoms with van der Waals surface area (Å²) in [5.74, 6) is -1.21. The Morgan fingerprint density at radius 3 is 2.33 bits per heavy atom. The number of carboxylic acid groups (broad SMARTS) is 1. The average molecular weight is 255 g/mol. The van der Waals surface area contributed by atoms with Gasteiger partial charge >= 0.3 is 5.97 Å². The van der Waals surface area contributed by atoms with Crippen LogP contribution < -0.4 is 5.32 Å². The van der Waals surface area contributed by atoms with Gasteiger partial charge < -0.3 is 10.4 Å². The molecule has 2 N–H and O–H groups in total. The summed E-state index contributed by atoms with van der Waals surface area (Å²) < 4.78 is 0. The first-order chi connectivity index (χ1) is 8.25. The third-order valence-corrected chi connectivity index (χ3v) is 4.05. The van der Waals surface area contributed by atoms with Crippen LogP contribution in [0.3, 0.4) is 0 Å². The molecule has 104 valence electrons. The molecule has 0 heterocycles. The molecule has 0 radical (unpaired) electrons. The van der Waals surface area contributed by atoms with Crippen molar-refractivity contribution in [1.29, 1.82) is 0 Å². The second-order valence-electron chi connectivity index (χ2n) is 6.36. The van der Waals surface area contributed by atoms with E-state index in [2.05, 4.69) is 19.2 Å². The van der Waals surface area contributed by atoms with E-state index in [1.54, 1.807) is 0 Å². The summed E-state index contributed by atoms with van der Waals surface area (Å²) in [6.07, 6.45) is 4.11. The van der Waals surface area contributed by atoms with Gasteiger partial charge in [-0.2, -0.15) is 0 Å². The molecule has 1 aliphatic rings. The summed E-state index contributed by atoms with van der Waals surface area (Å²) in [4.78, 5) is 23.4. The van der Waals surface area contributed by atoms with Crippen molar-refractivity contribution < 1.29 is 14.7 Å². The zero-order valence-corrected chi connectivity index (χ0v) is 11.8. The lowest BCUT2D eigenvalue weighted by molar-refractivity contribution is -0.145. The van der Waals surface area contributed by atoms with E-state index in [0.29, 0.717) is 0 Å². The van der Waals surface area contributed by atoms with Crippen LogP contribution >= 0.6 is 0 Å². The summed E-state index contributed by atoms with van der Waals surface area (Å²) in [5, 5.41) is 11.8. The van der Waals surface area contributed by atoms with Gasteiger partial charge in [-0.3, -0.25) is 4.79 Å². The monoisotopic (exact) mass is 255 g/mol. The Kier molecular flexibility index (Phi) is 4.77. The maximum atomic E-state index is 12.3. The summed E-state index contributed by atoms with van der Waals surface area (Å²) in [7, 11) is 0. The van der Waals surface area contributed by atoms with E-state index >= 15 is 0 Å². The number of amides is 1. The zero-order valence-electron chi connectivity index (χ0n) is 11.8. The first-order valence-corrected chi connectivity index (χ1v) is 6.79. The van der Waals surface area contributed by atoms with Gasteiger partial charge in [0.05, 0.1) is 0 Å². The number of rotatable bonds is 4. The molecule has 1 aliphatic carbocycles. The summed E-state index contributed by atoms with van der Waals surface area (Å²) in [5.41, 5.74) is -0.0254. The molecule has 4 nitrogen and oxygen atoms in total. The Morgan fingerprint density at radius 2 is 1.89 bits per heavy atom. The van der Waals surface area contributed by atoms with Gasteiger partial charge in [-0.25, -0.2) is 4.79 Å². The molecule has 0 aromatic carbocycles. The lowest BCUT2D eigenvalue weighted by Gasteiger charge is -2.38. The first kappa shape index (κ1) is 15.0. The van der Waals surface area contributed by atoms with Crippen LogP contribution in [0.25, 0.3) is 0 Å². The van der Waals surface area contributed by atoms with Gasteiger partial charge in [-0.15, -0.1) is 0 Å². The SMILES string of the molecule is CC(C)[C@H](NC(=O)C1CCCCC1(C)C)C(=O)O. The van der Waals surface area contributed by atoms with E-state index < -0.39 is 12.0 Å². The average Bonchev–Trinajstić information content (AvgIpc) is 2.23. The van der Waals surface area contributed by atoms with Gasteiger partial charge in [0.15, 0.2) is 0 Å². The lowest BCUT2D eigenvalue weighted by Crippen LogP contribution is -2.49. The van der Waals surface area contributed by atoms with E-state index in [4.69, 9.17) is 5.11 Å². The number of hydrogen-bond donors (Lipinski definition) is 2. The fourth-order valence-electron chi connectivity index (χ4n) is 2.75. The lowest BCUT2D eigenvalue weighted by atomic mass is 9.68. The number of carboxylic acids is 1. The van der Waals surface area contributed by atoms with Crippen molar-refractivity contribution in [1.82, 2.24) is 5.32 Å². The Bertz CT molecular complexity index is 323. The van der Waals surface area contributed by atoms with Crippen molar-refractivity contribution >= 4 is 11.9 Å². The summed E-state index contributed by atoms with van der Waals surface area (Å²) in [6, 6.07) is -0.782. The van der Waals surface area contributed by atoms with E-state index in [0.717, 1.165) is 25.7 Å². The number of carbonyl (C=O) groups excluding carboxylic acids is 1. The molecule has 1 saturated carbocycles. The molecule has 0 saturated heterocycles. The maximum Gasteiger partial charge on any atom is 0.326 e. The van der Waals surface area contributed by atoms with Crippen molar-refractivity contribution in [2.45, 2.75) is 59.4 Å². The minimum Gasteiger partial charge on any atom is -0.480 e. The smallest absolute Gasteiger partial charge is 0.326 e. The Labute approximate surface area is 109 Å². The number of hydrogen-bond acceptors (Lipinski definition) is 2. The van der Waals surface area contributed by atoms with Crippen LogP contribution in [0, 0.1) is 17.3 Å². The summed E-state index contributed by atoms with van der Waals surface area (Å²) in [6.45, 7) is 7.82. The molecule has 1 amide bonds. The standard InChI is InChI=1S/C14H25NO3/c1-9(2)11(13(17)18)15-12(16)10-7-5-6-8-14(10,3)4/h9-11H,5-8H2,1-4H3,(H,15,16)(H,17,18)/t10?,11-/m0/s1. The van der Waals surface area contributed by atoms with Gasteiger partial charge in [-0.1, -0.05) is 40.5 Å². The fraction of sp³-hybridized carbons (Fsp3) is 0.857. The number of aliphatic carboxylic acids is 1. The van der Waals surface area contributed by atoms with E-state index in [-0.39, 0.29) is 23.2 Å². The molecule has 0 aliphatic heterocycles. The van der Waals surface area contributed by atoms with Gasteiger partial charge in [0.2, 0.25) is 5.91 Å². The third-order valence-electron chi connectivity index (χ3n) is 4.05. The number of carbonyl (C=O) groups is 2. The molecule has 1 rings (SSSR count). The molecule has 1 fully saturated rings. The van der Waals surface area contributed by atoms with Gasteiger partial charge in [0.1, 0.15) is 6.04 Å². The molecular formula is C14H25NO3. The number of nitrogens with one attached hydrogen (secondary N) is 1. The van der Waals surface area contributed by atoms with Crippen LogP contribution in [-0.4, -0.2) is 23.0 Å². The highest BCUT2D eigenvalue weighted by atomic mass is 16.4. The predicted molar refractivity (Wildman–Crippen MR) is 70.1 cm³/mol. The van der Waals surface area contributed by atoms with Gasteiger partial charge in [-0.05, 0) is 24.2 Å². The molecule has 0 aromatic heterocycles. The van der Waals surface area contributed by atoms with Crippen molar-refractivity contribution in [3.05, 3.63) is 0 Å². The van der Waals surface area contributed by atoms with Crippen molar-refractivity contribution in [3.8, 4) is 0 Å². The van der Waals surface area contributed by atoms with Gasteiger partial charge in [0.25, 0.3) is 0 Å². The predicted octanol–water partition coefficient (Wildman–Crippen LogP) is 2.43. The van der Waals surface area contributed by atoms with Crippen LogP contribution in [0.5, 0.6) is 0 Å². The van der Waals surface area contributed by atoms with Crippen LogP contribution in [-0.2, 0) is 9.59 Å². The maximum absolute atomic E-state index is 12.3. The minimum absolute atomic E-state index is 0.0254. The minimum atomic E-state index is -0.952. The largest absolute Gasteiger partial charge is 0.480 e. The van der Waals surface area contributed by atoms with Crippen LogP contribution in [0.2, 0.25) is 0 Å². The molecular weight excluding hydrogens is 230 g/mol. The van der Waals surface area contributed by atoms with E-state index in [9.17, 15) is 9.59 Å². The molecule has 4 heteroatoms. The molecule has 2 atom stereocenters. The Balaban J connectivity index is 2.71. The van der Waals surface area contributed by atoms with Crippen LogP contribution in [0.15, 0.2) is 0 Å². The highest BCUT2D eigenvalue weighted by molar-refractivity contribution is 5.85. The third kappa shape index (κ3) is 3.47. The van der Waals surface area contributed by atoms with Crippen LogP contribution in [0.4, 0.5) is 0 Å². The van der Waals surface area contributed by atoms with Crippen molar-refractivity contribution in [3.63, 3.8) is 0 Å².